The van der Waals surface area contributed by atoms with E-state index in [9.17, 15) is 0 Å². The molecule has 0 unspecified atom stereocenters. The van der Waals surface area contributed by atoms with Crippen LogP contribution >= 0.6 is 0 Å². The van der Waals surface area contributed by atoms with Crippen LogP contribution in [0.1, 0.15) is 29.9 Å². The molecule has 0 fully saturated rings. The summed E-state index contributed by atoms with van der Waals surface area (Å²) in [7, 11) is 2.10. The molecule has 0 N–H and O–H groups in total. The Bertz CT molecular complexity index is 723. The Kier molecular flexibility index (Phi) is 4.78. The Morgan fingerprint density at radius 2 is 1.96 bits per heavy atom. The molecule has 118 valence electrons. The van der Waals surface area contributed by atoms with E-state index in [0.717, 1.165) is 18.8 Å². The molecule has 0 aliphatic heterocycles. The lowest BCUT2D eigenvalue weighted by Crippen LogP contribution is -2.24. The molecule has 2 aromatic heterocycles. The zero-order chi connectivity index (χ0) is 16.1. The van der Waals surface area contributed by atoms with E-state index in [2.05, 4.69) is 62.7 Å². The fourth-order valence-electron chi connectivity index (χ4n) is 2.57. The third-order valence-electron chi connectivity index (χ3n) is 4.10. The summed E-state index contributed by atoms with van der Waals surface area (Å²) in [6.45, 7) is 3.81. The summed E-state index contributed by atoms with van der Waals surface area (Å²) in [5, 5.41) is 0. The van der Waals surface area contributed by atoms with Crippen molar-refractivity contribution in [2.24, 2.45) is 0 Å². The topological polar surface area (TPSA) is 46.8 Å². The largest absolute Gasteiger partial charge is 0.329 e. The number of benzene rings is 1. The van der Waals surface area contributed by atoms with Crippen molar-refractivity contribution in [2.45, 2.75) is 26.1 Å². The summed E-state index contributed by atoms with van der Waals surface area (Å²) in [6, 6.07) is 12.6. The first-order valence-electron chi connectivity index (χ1n) is 7.73. The fourth-order valence-corrected chi connectivity index (χ4v) is 2.57. The van der Waals surface area contributed by atoms with Crippen molar-refractivity contribution in [3.05, 3.63) is 78.4 Å². The molecule has 23 heavy (non-hydrogen) atoms. The van der Waals surface area contributed by atoms with Gasteiger partial charge in [0.1, 0.15) is 6.33 Å². The van der Waals surface area contributed by atoms with Crippen molar-refractivity contribution in [1.29, 1.82) is 0 Å². The van der Waals surface area contributed by atoms with Gasteiger partial charge >= 0.3 is 0 Å². The third kappa shape index (κ3) is 3.81. The van der Waals surface area contributed by atoms with E-state index < -0.39 is 0 Å². The first kappa shape index (κ1) is 15.4. The quantitative estimate of drug-likeness (QED) is 0.702. The molecule has 0 aliphatic rings. The van der Waals surface area contributed by atoms with Crippen LogP contribution in [0.3, 0.4) is 0 Å². The second-order valence-electron chi connectivity index (χ2n) is 5.72. The molecule has 1 aromatic carbocycles. The third-order valence-corrected chi connectivity index (χ3v) is 4.10. The van der Waals surface area contributed by atoms with Crippen molar-refractivity contribution in [3.8, 4) is 0 Å². The van der Waals surface area contributed by atoms with Crippen molar-refractivity contribution in [3.63, 3.8) is 0 Å². The van der Waals surface area contributed by atoms with E-state index in [1.165, 1.54) is 11.3 Å². The monoisotopic (exact) mass is 307 g/mol. The summed E-state index contributed by atoms with van der Waals surface area (Å²) < 4.78 is 2.19. The molecule has 5 heteroatoms. The van der Waals surface area contributed by atoms with E-state index in [1.807, 2.05) is 24.7 Å². The second kappa shape index (κ2) is 7.15. The molecule has 0 saturated heterocycles. The van der Waals surface area contributed by atoms with Gasteiger partial charge in [0.2, 0.25) is 0 Å². The smallest absolute Gasteiger partial charge is 0.115 e. The minimum absolute atomic E-state index is 0.220. The van der Waals surface area contributed by atoms with Crippen LogP contribution in [0.25, 0.3) is 0 Å². The molecule has 3 rings (SSSR count). The number of hydrogen-bond acceptors (Lipinski definition) is 4. The number of imidazole rings is 1. The van der Waals surface area contributed by atoms with Crippen LogP contribution in [0.4, 0.5) is 0 Å². The lowest BCUT2D eigenvalue weighted by atomic mass is 10.2. The highest BCUT2D eigenvalue weighted by Crippen LogP contribution is 2.18. The molecule has 1 atom stereocenters. The molecule has 0 saturated carbocycles. The summed E-state index contributed by atoms with van der Waals surface area (Å²) in [6.07, 6.45) is 7.21. The average molecular weight is 307 g/mol. The van der Waals surface area contributed by atoms with Crippen LogP contribution in [0.2, 0.25) is 0 Å². The molecule has 5 nitrogen and oxygen atoms in total. The standard InChI is InChI=1S/C18H21N5/c1-15(18-8-9-19-13-21-18)22(2)12-17-10-20-14-23(17)11-16-6-4-3-5-7-16/h3-10,13-15H,11-12H2,1-2H3/t15-/m1/s1. The first-order valence-corrected chi connectivity index (χ1v) is 7.73. The van der Waals surface area contributed by atoms with Gasteiger partial charge in [-0.2, -0.15) is 0 Å². The lowest BCUT2D eigenvalue weighted by Gasteiger charge is -2.24. The number of nitrogens with zero attached hydrogens (tertiary/aromatic N) is 5. The summed E-state index contributed by atoms with van der Waals surface area (Å²) >= 11 is 0. The molecule has 0 radical (unpaired) electrons. The Balaban J connectivity index is 1.70. The molecule has 0 bridgehead atoms. The van der Waals surface area contributed by atoms with Crippen molar-refractivity contribution < 1.29 is 0 Å². The van der Waals surface area contributed by atoms with Crippen LogP contribution in [-0.4, -0.2) is 31.5 Å². The van der Waals surface area contributed by atoms with Gasteiger partial charge in [-0.15, -0.1) is 0 Å². The molecular weight excluding hydrogens is 286 g/mol. The van der Waals surface area contributed by atoms with E-state index >= 15 is 0 Å². The Morgan fingerprint density at radius 3 is 2.70 bits per heavy atom. The normalized spacial score (nSPS) is 12.5. The van der Waals surface area contributed by atoms with E-state index in [0.29, 0.717) is 0 Å². The van der Waals surface area contributed by atoms with Crippen LogP contribution in [0.15, 0.2) is 61.4 Å². The summed E-state index contributed by atoms with van der Waals surface area (Å²) in [4.78, 5) is 14.9. The van der Waals surface area contributed by atoms with Crippen LogP contribution < -0.4 is 0 Å². The van der Waals surface area contributed by atoms with Gasteiger partial charge in [0.25, 0.3) is 0 Å². The highest BCUT2D eigenvalue weighted by molar-refractivity contribution is 5.16. The number of rotatable bonds is 6. The molecule has 0 spiro atoms. The van der Waals surface area contributed by atoms with Gasteiger partial charge in [0, 0.05) is 31.5 Å². The molecule has 3 aromatic rings. The van der Waals surface area contributed by atoms with Crippen molar-refractivity contribution >= 4 is 0 Å². The maximum atomic E-state index is 4.34. The highest BCUT2D eigenvalue weighted by Gasteiger charge is 2.15. The lowest BCUT2D eigenvalue weighted by molar-refractivity contribution is 0.242. The average Bonchev–Trinajstić information content (AvgIpc) is 3.02. The highest BCUT2D eigenvalue weighted by atomic mass is 15.2. The second-order valence-corrected chi connectivity index (χ2v) is 5.72. The first-order chi connectivity index (χ1) is 11.2. The van der Waals surface area contributed by atoms with Gasteiger partial charge in [-0.3, -0.25) is 4.90 Å². The van der Waals surface area contributed by atoms with Gasteiger partial charge < -0.3 is 4.57 Å². The molecule has 0 amide bonds. The molecular formula is C18H21N5. The number of aromatic nitrogens is 4. The Labute approximate surface area is 136 Å². The summed E-state index contributed by atoms with van der Waals surface area (Å²) in [5.74, 6) is 0. The van der Waals surface area contributed by atoms with E-state index in [-0.39, 0.29) is 6.04 Å². The predicted molar refractivity (Wildman–Crippen MR) is 89.7 cm³/mol. The van der Waals surface area contributed by atoms with Crippen molar-refractivity contribution in [1.82, 2.24) is 24.4 Å². The fraction of sp³-hybridized carbons (Fsp3) is 0.278. The van der Waals surface area contributed by atoms with Gasteiger partial charge in [-0.25, -0.2) is 15.0 Å². The van der Waals surface area contributed by atoms with Gasteiger partial charge in [0.05, 0.1) is 17.7 Å². The van der Waals surface area contributed by atoms with Gasteiger partial charge in [-0.05, 0) is 25.6 Å². The van der Waals surface area contributed by atoms with Crippen molar-refractivity contribution in [2.75, 3.05) is 7.05 Å². The molecule has 0 aliphatic carbocycles. The van der Waals surface area contributed by atoms with E-state index in [4.69, 9.17) is 0 Å². The van der Waals surface area contributed by atoms with Crippen LogP contribution in [0.5, 0.6) is 0 Å². The van der Waals surface area contributed by atoms with Crippen LogP contribution in [0, 0.1) is 0 Å². The zero-order valence-electron chi connectivity index (χ0n) is 13.5. The van der Waals surface area contributed by atoms with Gasteiger partial charge in [-0.1, -0.05) is 30.3 Å². The summed E-state index contributed by atoms with van der Waals surface area (Å²) in [5.41, 5.74) is 3.49. The van der Waals surface area contributed by atoms with E-state index in [1.54, 1.807) is 12.5 Å². The minimum atomic E-state index is 0.220. The molecule has 2 heterocycles. The zero-order valence-corrected chi connectivity index (χ0v) is 13.5. The number of hydrogen-bond donors (Lipinski definition) is 0. The predicted octanol–water partition coefficient (Wildman–Crippen LogP) is 2.91. The minimum Gasteiger partial charge on any atom is -0.329 e. The Hall–Kier alpha value is -2.53. The maximum Gasteiger partial charge on any atom is 0.115 e. The van der Waals surface area contributed by atoms with Crippen LogP contribution in [-0.2, 0) is 13.1 Å². The maximum absolute atomic E-state index is 4.34. The Morgan fingerprint density at radius 1 is 1.13 bits per heavy atom. The SMILES string of the molecule is C[C@H](c1ccncn1)N(C)Cc1cncn1Cc1ccccc1. The van der Waals surface area contributed by atoms with Gasteiger partial charge in [0.15, 0.2) is 0 Å².